The van der Waals surface area contributed by atoms with Gasteiger partial charge in [0.2, 0.25) is 5.91 Å². The molecular formula is C23H26ClFN4O2. The normalized spacial score (nSPS) is 26.1. The first kappa shape index (κ1) is 20.6. The van der Waals surface area contributed by atoms with Crippen molar-refractivity contribution in [2.75, 3.05) is 31.6 Å². The summed E-state index contributed by atoms with van der Waals surface area (Å²) in [5.41, 5.74) is 1.08. The van der Waals surface area contributed by atoms with Crippen LogP contribution in [0.5, 0.6) is 0 Å². The quantitative estimate of drug-likeness (QED) is 0.771. The number of nitrogens with zero attached hydrogens (tertiary/aromatic N) is 3. The zero-order valence-corrected chi connectivity index (χ0v) is 18.0. The van der Waals surface area contributed by atoms with Gasteiger partial charge in [0, 0.05) is 43.8 Å². The van der Waals surface area contributed by atoms with E-state index in [-0.39, 0.29) is 11.7 Å². The molecule has 1 amide bonds. The Labute approximate surface area is 186 Å². The fourth-order valence-electron chi connectivity index (χ4n) is 5.26. The number of carbonyl (C=O) groups excluding carboxylic acids is 1. The van der Waals surface area contributed by atoms with Crippen LogP contribution >= 0.6 is 11.6 Å². The SMILES string of the molecule is O=C(C1CCOCC1)N1C[C@H]2C[C@H](Nc3ccc(-c4cc(F)ccc4Cl)nn3)C[C@H]2C1. The molecule has 3 heterocycles. The van der Waals surface area contributed by atoms with E-state index in [1.807, 2.05) is 6.07 Å². The Morgan fingerprint density at radius 1 is 1.10 bits per heavy atom. The predicted octanol–water partition coefficient (Wildman–Crippen LogP) is 4.01. The van der Waals surface area contributed by atoms with Crippen molar-refractivity contribution in [1.29, 1.82) is 0 Å². The molecule has 2 aromatic rings. The second-order valence-electron chi connectivity index (χ2n) is 8.89. The molecule has 0 bridgehead atoms. The lowest BCUT2D eigenvalue weighted by Crippen LogP contribution is -2.38. The molecule has 0 unspecified atom stereocenters. The third-order valence-electron chi connectivity index (χ3n) is 6.85. The smallest absolute Gasteiger partial charge is 0.225 e. The van der Waals surface area contributed by atoms with Crippen molar-refractivity contribution in [3.8, 4) is 11.3 Å². The third-order valence-corrected chi connectivity index (χ3v) is 7.18. The molecule has 3 fully saturated rings. The molecule has 6 nitrogen and oxygen atoms in total. The number of rotatable bonds is 4. The summed E-state index contributed by atoms with van der Waals surface area (Å²) in [6.07, 6.45) is 3.76. The number of carbonyl (C=O) groups is 1. The topological polar surface area (TPSA) is 67.3 Å². The van der Waals surface area contributed by atoms with Crippen molar-refractivity contribution >= 4 is 23.3 Å². The fraction of sp³-hybridized carbons (Fsp3) is 0.522. The minimum atomic E-state index is -0.356. The molecule has 1 aromatic heterocycles. The molecule has 1 saturated carbocycles. The van der Waals surface area contributed by atoms with Crippen LogP contribution in [-0.4, -0.2) is 53.3 Å². The van der Waals surface area contributed by atoms with Gasteiger partial charge in [-0.25, -0.2) is 4.39 Å². The summed E-state index contributed by atoms with van der Waals surface area (Å²) in [4.78, 5) is 14.9. The minimum absolute atomic E-state index is 0.141. The van der Waals surface area contributed by atoms with Gasteiger partial charge in [0.1, 0.15) is 11.6 Å². The number of halogens is 2. The second-order valence-corrected chi connectivity index (χ2v) is 9.30. The highest BCUT2D eigenvalue weighted by Crippen LogP contribution is 2.40. The Kier molecular flexibility index (Phi) is 5.80. The van der Waals surface area contributed by atoms with Gasteiger partial charge in [-0.05, 0) is 67.9 Å². The summed E-state index contributed by atoms with van der Waals surface area (Å²) in [6, 6.07) is 8.20. The fourth-order valence-corrected chi connectivity index (χ4v) is 5.47. The molecule has 1 N–H and O–H groups in total. The molecule has 3 atom stereocenters. The maximum absolute atomic E-state index is 13.5. The van der Waals surface area contributed by atoms with Gasteiger partial charge >= 0.3 is 0 Å². The summed E-state index contributed by atoms with van der Waals surface area (Å²) in [5, 5.41) is 12.4. The second kappa shape index (κ2) is 8.71. The van der Waals surface area contributed by atoms with Crippen LogP contribution in [0.4, 0.5) is 10.2 Å². The van der Waals surface area contributed by atoms with E-state index in [0.717, 1.165) is 38.8 Å². The third kappa shape index (κ3) is 4.39. The highest BCUT2D eigenvalue weighted by atomic mass is 35.5. The van der Waals surface area contributed by atoms with Crippen molar-refractivity contribution < 1.29 is 13.9 Å². The van der Waals surface area contributed by atoms with Crippen LogP contribution in [0.25, 0.3) is 11.3 Å². The van der Waals surface area contributed by atoms with Gasteiger partial charge in [0.25, 0.3) is 0 Å². The number of fused-ring (bicyclic) bond motifs is 1. The van der Waals surface area contributed by atoms with E-state index >= 15 is 0 Å². The molecule has 1 aromatic carbocycles. The van der Waals surface area contributed by atoms with E-state index in [1.54, 1.807) is 6.07 Å². The van der Waals surface area contributed by atoms with Crippen LogP contribution in [0.3, 0.4) is 0 Å². The van der Waals surface area contributed by atoms with Gasteiger partial charge in [0.15, 0.2) is 0 Å². The van der Waals surface area contributed by atoms with E-state index in [9.17, 15) is 9.18 Å². The number of hydrogen-bond donors (Lipinski definition) is 1. The Morgan fingerprint density at radius 2 is 1.84 bits per heavy atom. The molecule has 3 aliphatic rings. The summed E-state index contributed by atoms with van der Waals surface area (Å²) in [6.45, 7) is 3.13. The summed E-state index contributed by atoms with van der Waals surface area (Å²) >= 11 is 6.16. The maximum Gasteiger partial charge on any atom is 0.225 e. The number of benzene rings is 1. The number of aromatic nitrogens is 2. The van der Waals surface area contributed by atoms with Gasteiger partial charge in [-0.15, -0.1) is 10.2 Å². The first-order chi connectivity index (χ1) is 15.1. The van der Waals surface area contributed by atoms with Gasteiger partial charge in [-0.1, -0.05) is 11.6 Å². The highest BCUT2D eigenvalue weighted by Gasteiger charge is 2.43. The average Bonchev–Trinajstić information content (AvgIpc) is 3.35. The minimum Gasteiger partial charge on any atom is -0.381 e. The van der Waals surface area contributed by atoms with Gasteiger partial charge < -0.3 is 15.0 Å². The van der Waals surface area contributed by atoms with Crippen LogP contribution < -0.4 is 5.32 Å². The highest BCUT2D eigenvalue weighted by molar-refractivity contribution is 6.33. The Balaban J connectivity index is 1.16. The van der Waals surface area contributed by atoms with Crippen LogP contribution in [0.2, 0.25) is 5.02 Å². The lowest BCUT2D eigenvalue weighted by molar-refractivity contribution is -0.137. The molecule has 2 aliphatic heterocycles. The van der Waals surface area contributed by atoms with Crippen molar-refractivity contribution in [1.82, 2.24) is 15.1 Å². The summed E-state index contributed by atoms with van der Waals surface area (Å²) in [5.74, 6) is 1.89. The molecule has 1 aliphatic carbocycles. The van der Waals surface area contributed by atoms with Crippen molar-refractivity contribution in [2.45, 2.75) is 31.7 Å². The first-order valence-corrected chi connectivity index (χ1v) is 11.4. The Morgan fingerprint density at radius 3 is 2.52 bits per heavy atom. The van der Waals surface area contributed by atoms with Crippen molar-refractivity contribution in [2.24, 2.45) is 17.8 Å². The van der Waals surface area contributed by atoms with Gasteiger partial charge in [-0.3, -0.25) is 4.79 Å². The zero-order valence-electron chi connectivity index (χ0n) is 17.3. The molecule has 31 heavy (non-hydrogen) atoms. The molecule has 0 spiro atoms. The van der Waals surface area contributed by atoms with E-state index in [2.05, 4.69) is 20.4 Å². The molecule has 5 rings (SSSR count). The molecule has 0 radical (unpaired) electrons. The number of nitrogens with one attached hydrogen (secondary N) is 1. The molecule has 2 saturated heterocycles. The monoisotopic (exact) mass is 444 g/mol. The van der Waals surface area contributed by atoms with E-state index < -0.39 is 0 Å². The molecule has 8 heteroatoms. The van der Waals surface area contributed by atoms with Crippen LogP contribution in [-0.2, 0) is 9.53 Å². The van der Waals surface area contributed by atoms with Crippen molar-refractivity contribution in [3.05, 3.63) is 41.2 Å². The first-order valence-electron chi connectivity index (χ1n) is 11.0. The predicted molar refractivity (Wildman–Crippen MR) is 116 cm³/mol. The van der Waals surface area contributed by atoms with E-state index in [0.29, 0.717) is 59.1 Å². The van der Waals surface area contributed by atoms with Gasteiger partial charge in [-0.2, -0.15) is 0 Å². The van der Waals surface area contributed by atoms with Crippen LogP contribution in [0.15, 0.2) is 30.3 Å². The number of ether oxygens (including phenoxy) is 1. The van der Waals surface area contributed by atoms with E-state index in [4.69, 9.17) is 16.3 Å². The number of hydrogen-bond acceptors (Lipinski definition) is 5. The number of amides is 1. The zero-order chi connectivity index (χ0) is 21.4. The Hall–Kier alpha value is -2.25. The lowest BCUT2D eigenvalue weighted by Gasteiger charge is -2.27. The summed E-state index contributed by atoms with van der Waals surface area (Å²) in [7, 11) is 0. The van der Waals surface area contributed by atoms with E-state index in [1.165, 1.54) is 18.2 Å². The molecule has 164 valence electrons. The van der Waals surface area contributed by atoms with Crippen LogP contribution in [0.1, 0.15) is 25.7 Å². The summed E-state index contributed by atoms with van der Waals surface area (Å²) < 4.78 is 18.9. The average molecular weight is 445 g/mol. The maximum atomic E-state index is 13.5. The standard InChI is InChI=1S/C23H26ClFN4O2/c24-20-2-1-17(25)11-19(20)21-3-4-22(28-27-21)26-18-9-15-12-29(13-16(15)10-18)23(30)14-5-7-31-8-6-14/h1-4,11,14-16,18H,5-10,12-13H2,(H,26,28)/t15-,16+,18+. The van der Waals surface area contributed by atoms with Crippen LogP contribution in [0, 0.1) is 23.6 Å². The number of likely N-dealkylation sites (tertiary alicyclic amines) is 1. The lowest BCUT2D eigenvalue weighted by atomic mass is 9.98. The largest absolute Gasteiger partial charge is 0.381 e. The number of anilines is 1. The molecular weight excluding hydrogens is 419 g/mol. The van der Waals surface area contributed by atoms with Gasteiger partial charge in [0.05, 0.1) is 10.7 Å². The van der Waals surface area contributed by atoms with Crippen molar-refractivity contribution in [3.63, 3.8) is 0 Å². The Bertz CT molecular complexity index is 937.